The Morgan fingerprint density at radius 2 is 1.28 bits per heavy atom. The molecule has 0 aliphatic carbocycles. The number of hydrogen-bond acceptors (Lipinski definition) is 20. The molecule has 2 aliphatic rings. The number of nitrogens with one attached hydrogen (secondary N) is 2. The number of aromatic nitrogens is 4. The highest BCUT2D eigenvalue weighted by Crippen LogP contribution is 2.56. The number of hydrogen-bond donors (Lipinski definition) is 2. The molecule has 67 heavy (non-hydrogen) atoms. The van der Waals surface area contributed by atoms with Crippen LogP contribution in [0.1, 0.15) is 87.6 Å². The monoisotopic (exact) mass is 1000 g/mol. The average Bonchev–Trinajstić information content (AvgIpc) is 3.70. The van der Waals surface area contributed by atoms with Gasteiger partial charge in [0.1, 0.15) is 24.4 Å². The number of nitriles is 2. The van der Waals surface area contributed by atoms with Crippen LogP contribution in [0.3, 0.4) is 0 Å². The minimum absolute atomic E-state index is 0.0272. The Morgan fingerprint density at radius 1 is 0.791 bits per heavy atom. The number of carbonyl (C=O) groups is 2. The summed E-state index contributed by atoms with van der Waals surface area (Å²) in [6.45, 7) is 18.0. The number of nitrogens with zero attached hydrogens (tertiary/aromatic N) is 5. The van der Waals surface area contributed by atoms with Crippen molar-refractivity contribution in [3.63, 3.8) is 0 Å². The summed E-state index contributed by atoms with van der Waals surface area (Å²) in [5.74, 6) is -1.72. The lowest BCUT2D eigenvalue weighted by molar-refractivity contribution is -0.165. The first-order valence-electron chi connectivity index (χ1n) is 21.4. The number of ether oxygens (including phenoxy) is 4. The quantitative estimate of drug-likeness (QED) is 0.0691. The predicted octanol–water partition coefficient (Wildman–Crippen LogP) is 3.87. The molecule has 24 nitrogen and oxygen atoms in total. The van der Waals surface area contributed by atoms with Crippen LogP contribution in [-0.2, 0) is 60.1 Å². The molecular formula is C40H61N7O17P2Si. The zero-order chi connectivity index (χ0) is 50.0. The summed E-state index contributed by atoms with van der Waals surface area (Å²) < 4.78 is 80.5. The third-order valence-corrected chi connectivity index (χ3v) is 18.8. The smallest absolute Gasteiger partial charge is 0.456 e. The Hall–Kier alpha value is -4.20. The second-order valence-corrected chi connectivity index (χ2v) is 25.4. The number of aromatic amines is 2. The van der Waals surface area contributed by atoms with Gasteiger partial charge in [-0.3, -0.25) is 51.9 Å². The van der Waals surface area contributed by atoms with Gasteiger partial charge in [-0.15, -0.1) is 0 Å². The molecule has 2 saturated heterocycles. The van der Waals surface area contributed by atoms with Gasteiger partial charge in [0.05, 0.1) is 51.4 Å². The maximum atomic E-state index is 15.2. The molecule has 4 rings (SSSR count). The summed E-state index contributed by atoms with van der Waals surface area (Å²) in [5, 5.41) is 18.3. The molecule has 2 unspecified atom stereocenters. The molecule has 0 saturated carbocycles. The molecule has 372 valence electrons. The first kappa shape index (κ1) is 55.4. The molecule has 0 bridgehead atoms. The van der Waals surface area contributed by atoms with E-state index < -0.39 is 126 Å². The van der Waals surface area contributed by atoms with Crippen molar-refractivity contribution < 1.29 is 60.1 Å². The van der Waals surface area contributed by atoms with E-state index in [4.69, 9.17) is 46.0 Å². The topological polar surface area (TPSA) is 304 Å². The largest absolute Gasteiger partial charge is 0.475 e. The maximum absolute atomic E-state index is 15.2. The maximum Gasteiger partial charge on any atom is 0.475 e. The zero-order valence-corrected chi connectivity index (χ0v) is 42.2. The van der Waals surface area contributed by atoms with Gasteiger partial charge < -0.3 is 32.4 Å². The van der Waals surface area contributed by atoms with E-state index in [0.29, 0.717) is 0 Å². The van der Waals surface area contributed by atoms with Crippen molar-refractivity contribution in [2.45, 2.75) is 154 Å². The van der Waals surface area contributed by atoms with Crippen molar-refractivity contribution in [1.29, 1.82) is 10.5 Å². The SMILES string of the molecule is CC(=O)O[C@@H]1[C@H](OC(C)=O)[C@@H](COP(=O)(OCCC#N)O[C@H]2[C@@H](O[Si](C)(C)C(C)(C)C)[C@H](n3ccc(=O)[nH]c3=O)O[C@@H]2COP(OCCC#N)N(C(C)C)C(C)C)O[C@H]1n1ccc(=O)[nH]c1=O. The van der Waals surface area contributed by atoms with Gasteiger partial charge in [0.25, 0.3) is 19.6 Å². The molecular weight excluding hydrogens is 941 g/mol. The van der Waals surface area contributed by atoms with Gasteiger partial charge in [-0.2, -0.15) is 10.5 Å². The summed E-state index contributed by atoms with van der Waals surface area (Å²) in [6, 6.07) is 5.85. The van der Waals surface area contributed by atoms with Crippen molar-refractivity contribution in [3.8, 4) is 12.1 Å². The van der Waals surface area contributed by atoms with Crippen molar-refractivity contribution in [3.05, 3.63) is 66.2 Å². The van der Waals surface area contributed by atoms with Crippen LogP contribution in [0.15, 0.2) is 43.7 Å². The van der Waals surface area contributed by atoms with E-state index in [1.54, 1.807) is 0 Å². The highest BCUT2D eigenvalue weighted by atomic mass is 31.2. The number of carbonyl (C=O) groups excluding carboxylic acids is 2. The fourth-order valence-electron chi connectivity index (χ4n) is 6.87. The van der Waals surface area contributed by atoms with Gasteiger partial charge in [-0.25, -0.2) is 18.8 Å². The lowest BCUT2D eigenvalue weighted by Gasteiger charge is -2.41. The number of rotatable bonds is 23. The second kappa shape index (κ2) is 23.9. The minimum Gasteiger partial charge on any atom is -0.456 e. The molecule has 10 atom stereocenters. The first-order chi connectivity index (χ1) is 31.3. The fourth-order valence-corrected chi connectivity index (χ4v) is 11.2. The number of phosphoric ester groups is 1. The summed E-state index contributed by atoms with van der Waals surface area (Å²) in [6.07, 6.45) is -9.40. The fraction of sp³-hybridized carbons (Fsp3) is 0.700. The first-order valence-corrected chi connectivity index (χ1v) is 26.9. The van der Waals surface area contributed by atoms with E-state index in [1.165, 1.54) is 6.20 Å². The Bertz CT molecular complexity index is 2380. The molecule has 0 aromatic carbocycles. The Labute approximate surface area is 389 Å². The molecule has 2 aliphatic heterocycles. The van der Waals surface area contributed by atoms with E-state index in [2.05, 4.69) is 9.97 Å². The van der Waals surface area contributed by atoms with E-state index in [0.717, 1.165) is 41.3 Å². The molecule has 0 radical (unpaired) electrons. The molecule has 2 aromatic rings. The van der Waals surface area contributed by atoms with Gasteiger partial charge in [0.2, 0.25) is 0 Å². The number of H-pyrrole nitrogens is 2. The minimum atomic E-state index is -5.02. The summed E-state index contributed by atoms with van der Waals surface area (Å²) in [4.78, 5) is 79.8. The molecule has 0 spiro atoms. The molecule has 27 heteroatoms. The normalized spacial score (nSPS) is 24.6. The van der Waals surface area contributed by atoms with Crippen LogP contribution in [0.2, 0.25) is 18.1 Å². The molecule has 2 N–H and O–H groups in total. The van der Waals surface area contributed by atoms with Gasteiger partial charge in [-0.05, 0) is 45.8 Å². The van der Waals surface area contributed by atoms with Gasteiger partial charge in [0.15, 0.2) is 33.0 Å². The lowest BCUT2D eigenvalue weighted by atomic mass is 10.1. The molecule has 2 fully saturated rings. The van der Waals surface area contributed by atoms with E-state index in [1.807, 2.05) is 78.4 Å². The van der Waals surface area contributed by atoms with E-state index in [9.17, 15) is 39.3 Å². The van der Waals surface area contributed by atoms with E-state index >= 15 is 4.57 Å². The highest BCUT2D eigenvalue weighted by molar-refractivity contribution is 7.48. The predicted molar refractivity (Wildman–Crippen MR) is 239 cm³/mol. The second-order valence-electron chi connectivity index (χ2n) is 17.6. The van der Waals surface area contributed by atoms with Crippen molar-refractivity contribution in [2.75, 3.05) is 26.4 Å². The summed E-state index contributed by atoms with van der Waals surface area (Å²) in [5.41, 5.74) is -3.26. The zero-order valence-electron chi connectivity index (χ0n) is 39.4. The van der Waals surface area contributed by atoms with Crippen LogP contribution in [0.25, 0.3) is 0 Å². The van der Waals surface area contributed by atoms with Gasteiger partial charge in [-0.1, -0.05) is 20.8 Å². The molecule has 2 aromatic heterocycles. The van der Waals surface area contributed by atoms with Crippen LogP contribution in [0.4, 0.5) is 0 Å². The van der Waals surface area contributed by atoms with Crippen LogP contribution >= 0.6 is 16.3 Å². The van der Waals surface area contributed by atoms with Crippen LogP contribution in [0.5, 0.6) is 0 Å². The lowest BCUT2D eigenvalue weighted by Crippen LogP contribution is -2.50. The third kappa shape index (κ3) is 14.7. The number of phosphoric acid groups is 1. The van der Waals surface area contributed by atoms with Gasteiger partial charge >= 0.3 is 31.1 Å². The van der Waals surface area contributed by atoms with Crippen LogP contribution < -0.4 is 22.5 Å². The van der Waals surface area contributed by atoms with Crippen molar-refractivity contribution in [1.82, 2.24) is 23.8 Å². The molecule has 4 heterocycles. The van der Waals surface area contributed by atoms with Crippen LogP contribution in [0, 0.1) is 22.7 Å². The average molecular weight is 1000 g/mol. The van der Waals surface area contributed by atoms with Gasteiger partial charge in [0, 0.05) is 50.5 Å². The third-order valence-electron chi connectivity index (χ3n) is 10.8. The highest BCUT2D eigenvalue weighted by Gasteiger charge is 2.56. The van der Waals surface area contributed by atoms with Crippen LogP contribution in [-0.4, -0.2) is 119 Å². The van der Waals surface area contributed by atoms with Crippen molar-refractivity contribution >= 4 is 36.6 Å². The van der Waals surface area contributed by atoms with E-state index in [-0.39, 0.29) is 38.1 Å². The summed E-state index contributed by atoms with van der Waals surface area (Å²) >= 11 is 0. The Kier molecular flexibility index (Phi) is 19.7. The Morgan fingerprint density at radius 3 is 1.76 bits per heavy atom. The Balaban J connectivity index is 1.85. The number of esters is 2. The van der Waals surface area contributed by atoms with Crippen molar-refractivity contribution in [2.24, 2.45) is 0 Å². The summed E-state index contributed by atoms with van der Waals surface area (Å²) in [7, 11) is -9.84. The molecule has 0 amide bonds. The standard InChI is InChI=1S/C40H61N7O17P2Si/c1-24(2)47(25(3)4)65(55-20-12-16-41)56-22-28-33(35(64-67(10,11)40(7,8)9)37(61-28)46-19-15-31(51)44-39(46)53)63-66(54,57-21-13-17-42)58-23-29-32(59-26(5)48)34(60-27(6)49)36(62-29)45-18-14-30(50)43-38(45)52/h14-15,18-19,24-25,28-29,32-37H,12-13,20-23H2,1-11H3,(H,43,50,52)(H,44,51,53)/t28-,29-,32-,33-,34-,35-,36-,37-,65?,66?/m1/s1.